The third-order valence-electron chi connectivity index (χ3n) is 4.50. The molecular formula is C25H26N2O3S. The molecule has 0 saturated heterocycles. The molecule has 0 radical (unpaired) electrons. The summed E-state index contributed by atoms with van der Waals surface area (Å²) in [4.78, 5) is 25.2. The van der Waals surface area contributed by atoms with Gasteiger partial charge < -0.3 is 15.4 Å². The molecule has 0 aliphatic heterocycles. The molecule has 160 valence electrons. The average Bonchev–Trinajstić information content (AvgIpc) is 2.77. The summed E-state index contributed by atoms with van der Waals surface area (Å²) in [5.74, 6) is 1.51. The summed E-state index contributed by atoms with van der Waals surface area (Å²) < 4.78 is 5.80. The molecule has 2 amide bonds. The van der Waals surface area contributed by atoms with Gasteiger partial charge in [-0.05, 0) is 48.9 Å². The molecule has 1 unspecified atom stereocenters. The van der Waals surface area contributed by atoms with Crippen molar-refractivity contribution in [3.05, 3.63) is 90.0 Å². The van der Waals surface area contributed by atoms with Gasteiger partial charge in [0.1, 0.15) is 17.5 Å². The first-order valence-corrected chi connectivity index (χ1v) is 11.0. The van der Waals surface area contributed by atoms with Crippen LogP contribution in [0.15, 0.2) is 83.8 Å². The lowest BCUT2D eigenvalue weighted by molar-refractivity contribution is -0.127. The van der Waals surface area contributed by atoms with Crippen LogP contribution in [0.4, 0.5) is 0 Å². The molecule has 1 atom stereocenters. The molecule has 0 spiro atoms. The van der Waals surface area contributed by atoms with Crippen LogP contribution in [0.3, 0.4) is 0 Å². The second-order valence-corrected chi connectivity index (χ2v) is 8.25. The number of thioether (sulfide) groups is 1. The first-order valence-electron chi connectivity index (χ1n) is 10.1. The van der Waals surface area contributed by atoms with Crippen LogP contribution in [-0.4, -0.2) is 23.6 Å². The van der Waals surface area contributed by atoms with E-state index < -0.39 is 6.04 Å². The minimum atomic E-state index is -0.617. The van der Waals surface area contributed by atoms with E-state index in [0.29, 0.717) is 12.3 Å². The van der Waals surface area contributed by atoms with Crippen molar-refractivity contribution >= 4 is 23.6 Å². The maximum Gasteiger partial charge on any atom is 0.243 e. The number of carbonyl (C=O) groups is 2. The lowest BCUT2D eigenvalue weighted by Crippen LogP contribution is -2.47. The van der Waals surface area contributed by atoms with Crippen LogP contribution in [0.1, 0.15) is 18.1 Å². The Bertz CT molecular complexity index is 990. The topological polar surface area (TPSA) is 67.4 Å². The summed E-state index contributed by atoms with van der Waals surface area (Å²) in [6, 6.07) is 24.6. The molecule has 3 aromatic carbocycles. The normalized spacial score (nSPS) is 11.4. The maximum atomic E-state index is 12.6. The third kappa shape index (κ3) is 7.50. The van der Waals surface area contributed by atoms with Crippen molar-refractivity contribution in [2.24, 2.45) is 0 Å². The van der Waals surface area contributed by atoms with Crippen molar-refractivity contribution in [2.45, 2.75) is 31.3 Å². The van der Waals surface area contributed by atoms with Gasteiger partial charge in [-0.15, -0.1) is 11.8 Å². The van der Waals surface area contributed by atoms with E-state index in [1.165, 1.54) is 24.2 Å². The van der Waals surface area contributed by atoms with Gasteiger partial charge in [0.2, 0.25) is 11.8 Å². The van der Waals surface area contributed by atoms with Crippen molar-refractivity contribution in [1.82, 2.24) is 10.6 Å². The molecule has 0 saturated carbocycles. The molecule has 31 heavy (non-hydrogen) atoms. The van der Waals surface area contributed by atoms with Gasteiger partial charge in [-0.2, -0.15) is 0 Å². The molecular weight excluding hydrogens is 408 g/mol. The molecule has 2 N–H and O–H groups in total. The Morgan fingerprint density at radius 3 is 2.19 bits per heavy atom. The highest BCUT2D eigenvalue weighted by Crippen LogP contribution is 2.25. The highest BCUT2D eigenvalue weighted by molar-refractivity contribution is 7.99. The Labute approximate surface area is 187 Å². The van der Waals surface area contributed by atoms with Crippen molar-refractivity contribution < 1.29 is 14.3 Å². The summed E-state index contributed by atoms with van der Waals surface area (Å²) in [5, 5.41) is 5.65. The Kier molecular flexibility index (Phi) is 8.12. The fourth-order valence-corrected chi connectivity index (χ4v) is 3.78. The largest absolute Gasteiger partial charge is 0.457 e. The number of para-hydroxylation sites is 1. The van der Waals surface area contributed by atoms with E-state index in [0.717, 1.165) is 22.0 Å². The van der Waals surface area contributed by atoms with Crippen LogP contribution >= 0.6 is 11.8 Å². The Hall–Kier alpha value is -3.25. The molecule has 0 bridgehead atoms. The van der Waals surface area contributed by atoms with Crippen LogP contribution < -0.4 is 15.4 Å². The predicted molar refractivity (Wildman–Crippen MR) is 124 cm³/mol. The van der Waals surface area contributed by atoms with E-state index >= 15 is 0 Å². The predicted octanol–water partition coefficient (Wildman–Crippen LogP) is 4.70. The zero-order valence-corrected chi connectivity index (χ0v) is 18.4. The number of ether oxygens (including phenoxy) is 1. The quantitative estimate of drug-likeness (QED) is 0.479. The second-order valence-electron chi connectivity index (χ2n) is 7.15. The summed E-state index contributed by atoms with van der Waals surface area (Å²) in [6.07, 6.45) is 0. The number of rotatable bonds is 9. The van der Waals surface area contributed by atoms with Crippen LogP contribution in [0, 0.1) is 6.92 Å². The van der Waals surface area contributed by atoms with E-state index in [-0.39, 0.29) is 11.8 Å². The summed E-state index contributed by atoms with van der Waals surface area (Å²) >= 11 is 1.51. The summed E-state index contributed by atoms with van der Waals surface area (Å²) in [7, 11) is 0. The molecule has 5 nitrogen and oxygen atoms in total. The van der Waals surface area contributed by atoms with Crippen molar-refractivity contribution in [1.29, 1.82) is 0 Å². The molecule has 0 heterocycles. The van der Waals surface area contributed by atoms with Crippen molar-refractivity contribution in [3.8, 4) is 11.5 Å². The van der Waals surface area contributed by atoms with Gasteiger partial charge >= 0.3 is 0 Å². The van der Waals surface area contributed by atoms with Gasteiger partial charge in [0.15, 0.2) is 0 Å². The number of nitrogens with one attached hydrogen (secondary N) is 2. The molecule has 0 aliphatic rings. The number of hydrogen-bond donors (Lipinski definition) is 2. The van der Waals surface area contributed by atoms with Crippen molar-refractivity contribution in [2.75, 3.05) is 5.75 Å². The minimum absolute atomic E-state index is 0.202. The third-order valence-corrected chi connectivity index (χ3v) is 5.61. The number of hydrogen-bond acceptors (Lipinski definition) is 4. The van der Waals surface area contributed by atoms with Crippen LogP contribution in [0.5, 0.6) is 11.5 Å². The lowest BCUT2D eigenvalue weighted by atomic mass is 10.1. The molecule has 3 aromatic rings. The molecule has 3 rings (SSSR count). The second kappa shape index (κ2) is 11.2. The Balaban J connectivity index is 1.54. The first kappa shape index (κ1) is 22.4. The van der Waals surface area contributed by atoms with Gasteiger partial charge in [0.05, 0.1) is 0 Å². The van der Waals surface area contributed by atoms with Gasteiger partial charge in [0, 0.05) is 24.1 Å². The molecule has 0 fully saturated rings. The minimum Gasteiger partial charge on any atom is -0.457 e. The highest BCUT2D eigenvalue weighted by Gasteiger charge is 2.19. The highest BCUT2D eigenvalue weighted by atomic mass is 32.2. The zero-order chi connectivity index (χ0) is 22.1. The fourth-order valence-electron chi connectivity index (χ4n) is 2.85. The van der Waals surface area contributed by atoms with E-state index in [9.17, 15) is 9.59 Å². The number of amides is 2. The lowest BCUT2D eigenvalue weighted by Gasteiger charge is -2.17. The van der Waals surface area contributed by atoms with Crippen LogP contribution in [0.2, 0.25) is 0 Å². The molecule has 0 aliphatic carbocycles. The van der Waals surface area contributed by atoms with Gasteiger partial charge in [0.25, 0.3) is 0 Å². The monoisotopic (exact) mass is 434 g/mol. The standard InChI is InChI=1S/C25H26N2O3S/c1-18-8-10-20(11-9-18)16-26-25(29)24(27-19(2)28)17-31-23-14-12-22(13-15-23)30-21-6-4-3-5-7-21/h3-15,24H,16-17H2,1-2H3,(H,26,29)(H,27,28). The van der Waals surface area contributed by atoms with Crippen LogP contribution in [-0.2, 0) is 16.1 Å². The Morgan fingerprint density at radius 2 is 1.55 bits per heavy atom. The van der Waals surface area contributed by atoms with E-state index in [2.05, 4.69) is 10.6 Å². The summed E-state index contributed by atoms with van der Waals surface area (Å²) in [5.41, 5.74) is 2.19. The number of carbonyl (C=O) groups excluding carboxylic acids is 2. The van der Waals surface area contributed by atoms with Gasteiger partial charge in [-0.3, -0.25) is 9.59 Å². The maximum absolute atomic E-state index is 12.6. The fraction of sp³-hybridized carbons (Fsp3) is 0.200. The smallest absolute Gasteiger partial charge is 0.243 e. The average molecular weight is 435 g/mol. The van der Waals surface area contributed by atoms with Crippen molar-refractivity contribution in [3.63, 3.8) is 0 Å². The van der Waals surface area contributed by atoms with Gasteiger partial charge in [-0.25, -0.2) is 0 Å². The SMILES string of the molecule is CC(=O)NC(CSc1ccc(Oc2ccccc2)cc1)C(=O)NCc1ccc(C)cc1. The van der Waals surface area contributed by atoms with E-state index in [1.54, 1.807) is 0 Å². The first-order chi connectivity index (χ1) is 15.0. The zero-order valence-electron chi connectivity index (χ0n) is 17.6. The number of benzene rings is 3. The number of aryl methyl sites for hydroxylation is 1. The van der Waals surface area contributed by atoms with E-state index in [4.69, 9.17) is 4.74 Å². The Morgan fingerprint density at radius 1 is 0.903 bits per heavy atom. The van der Waals surface area contributed by atoms with Gasteiger partial charge in [-0.1, -0.05) is 48.0 Å². The molecule has 6 heteroatoms. The van der Waals surface area contributed by atoms with Crippen LogP contribution in [0.25, 0.3) is 0 Å². The molecule has 0 aromatic heterocycles. The van der Waals surface area contributed by atoms with E-state index in [1.807, 2.05) is 85.8 Å². The summed E-state index contributed by atoms with van der Waals surface area (Å²) in [6.45, 7) is 3.86.